The number of amides is 1. The van der Waals surface area contributed by atoms with E-state index in [0.29, 0.717) is 16.6 Å². The molecule has 6 heteroatoms. The summed E-state index contributed by atoms with van der Waals surface area (Å²) in [5, 5.41) is 13.3. The van der Waals surface area contributed by atoms with Crippen molar-refractivity contribution in [2.24, 2.45) is 4.99 Å². The first-order valence-electron chi connectivity index (χ1n) is 8.09. The van der Waals surface area contributed by atoms with E-state index in [1.807, 2.05) is 19.1 Å². The number of nitrogens with zero attached hydrogens (tertiary/aromatic N) is 1. The van der Waals surface area contributed by atoms with Gasteiger partial charge in [-0.1, -0.05) is 41.4 Å². The first kappa shape index (κ1) is 18.4. The number of hydrogen-bond acceptors (Lipinski definition) is 4. The Hall–Kier alpha value is -2.42. The number of phenolic OH excluding ortho intramolecular Hbond substituents is 1. The molecule has 2 aromatic carbocycles. The lowest BCUT2D eigenvalue weighted by Gasteiger charge is -2.13. The molecule has 2 N–H and O–H groups in total. The van der Waals surface area contributed by atoms with Gasteiger partial charge in [0.2, 0.25) is 5.91 Å². The Balaban J connectivity index is 1.57. The Labute approximate surface area is 161 Å². The van der Waals surface area contributed by atoms with Crippen LogP contribution in [0.3, 0.4) is 0 Å². The number of phenols is 1. The van der Waals surface area contributed by atoms with E-state index in [0.717, 1.165) is 11.1 Å². The third-order valence-corrected chi connectivity index (χ3v) is 5.36. The number of rotatable bonds is 3. The fourth-order valence-corrected chi connectivity index (χ4v) is 3.55. The Morgan fingerprint density at radius 2 is 1.88 bits per heavy atom. The average Bonchev–Trinajstić information content (AvgIpc) is 3.01. The standard InChI is InChI=1S/C20H17ClN2O2S/c1-13-19(20(25)22-12-15-2-7-16(21)8-3-15)26-18(23-13)11-6-14-4-9-17(24)10-5-14/h2-5,7-10,13,19,24H,12H2,1H3,(H,22,25). The predicted octanol–water partition coefficient (Wildman–Crippen LogP) is 3.62. The van der Waals surface area contributed by atoms with Crippen molar-refractivity contribution in [3.8, 4) is 17.6 Å². The largest absolute Gasteiger partial charge is 0.508 e. The highest BCUT2D eigenvalue weighted by atomic mass is 35.5. The van der Waals surface area contributed by atoms with E-state index in [-0.39, 0.29) is 22.9 Å². The van der Waals surface area contributed by atoms with E-state index in [4.69, 9.17) is 11.6 Å². The van der Waals surface area contributed by atoms with Gasteiger partial charge in [0.1, 0.15) is 16.0 Å². The fourth-order valence-electron chi connectivity index (χ4n) is 2.40. The Bertz CT molecular complexity index is 883. The van der Waals surface area contributed by atoms with Crippen molar-refractivity contribution >= 4 is 34.3 Å². The molecule has 0 aromatic heterocycles. The SMILES string of the molecule is CC1N=C(C#Cc2ccc(O)cc2)SC1C(=O)NCc1ccc(Cl)cc1. The molecular weight excluding hydrogens is 368 g/mol. The molecule has 2 atom stereocenters. The minimum atomic E-state index is -0.286. The number of carbonyl (C=O) groups is 1. The van der Waals surface area contributed by atoms with Gasteiger partial charge < -0.3 is 10.4 Å². The molecule has 0 fully saturated rings. The van der Waals surface area contributed by atoms with Crippen LogP contribution in [-0.2, 0) is 11.3 Å². The molecule has 0 spiro atoms. The highest BCUT2D eigenvalue weighted by Gasteiger charge is 2.32. The van der Waals surface area contributed by atoms with Crippen molar-refractivity contribution in [2.45, 2.75) is 24.8 Å². The highest BCUT2D eigenvalue weighted by Crippen LogP contribution is 2.27. The molecule has 1 aliphatic rings. The van der Waals surface area contributed by atoms with Gasteiger partial charge in [-0.25, -0.2) is 0 Å². The van der Waals surface area contributed by atoms with Gasteiger partial charge in [0.15, 0.2) is 0 Å². The smallest absolute Gasteiger partial charge is 0.236 e. The lowest BCUT2D eigenvalue weighted by atomic mass is 10.2. The van der Waals surface area contributed by atoms with Gasteiger partial charge in [0, 0.05) is 17.1 Å². The molecular formula is C20H17ClN2O2S. The van der Waals surface area contributed by atoms with E-state index in [9.17, 15) is 9.90 Å². The first-order chi connectivity index (χ1) is 12.5. The maximum absolute atomic E-state index is 12.4. The number of nitrogens with one attached hydrogen (secondary N) is 1. The molecule has 1 heterocycles. The van der Waals surface area contributed by atoms with Crippen LogP contribution in [0.25, 0.3) is 0 Å². The summed E-state index contributed by atoms with van der Waals surface area (Å²) >= 11 is 7.24. The number of hydrogen-bond donors (Lipinski definition) is 2. The van der Waals surface area contributed by atoms with Crippen LogP contribution < -0.4 is 5.32 Å². The summed E-state index contributed by atoms with van der Waals surface area (Å²) in [5.74, 6) is 6.15. The summed E-state index contributed by atoms with van der Waals surface area (Å²) in [6.45, 7) is 2.36. The van der Waals surface area contributed by atoms with Crippen molar-refractivity contribution < 1.29 is 9.90 Å². The van der Waals surface area contributed by atoms with Gasteiger partial charge in [-0.3, -0.25) is 9.79 Å². The van der Waals surface area contributed by atoms with Crippen LogP contribution >= 0.6 is 23.4 Å². The van der Waals surface area contributed by atoms with Crippen molar-refractivity contribution in [3.63, 3.8) is 0 Å². The van der Waals surface area contributed by atoms with Crippen molar-refractivity contribution in [1.82, 2.24) is 5.32 Å². The molecule has 1 aliphatic heterocycles. The molecule has 3 rings (SSSR count). The van der Waals surface area contributed by atoms with Crippen LogP contribution in [0.2, 0.25) is 5.02 Å². The molecule has 0 bridgehead atoms. The molecule has 0 radical (unpaired) electrons. The predicted molar refractivity (Wildman–Crippen MR) is 107 cm³/mol. The summed E-state index contributed by atoms with van der Waals surface area (Å²) in [6.07, 6.45) is 0. The Kier molecular flexibility index (Phi) is 5.87. The topological polar surface area (TPSA) is 61.7 Å². The molecule has 0 saturated carbocycles. The van der Waals surface area contributed by atoms with Gasteiger partial charge in [0.05, 0.1) is 6.04 Å². The molecule has 0 saturated heterocycles. The maximum atomic E-state index is 12.4. The van der Waals surface area contributed by atoms with Gasteiger partial charge >= 0.3 is 0 Å². The number of carbonyl (C=O) groups excluding carboxylic acids is 1. The van der Waals surface area contributed by atoms with E-state index < -0.39 is 0 Å². The van der Waals surface area contributed by atoms with Crippen LogP contribution in [0.1, 0.15) is 18.1 Å². The van der Waals surface area contributed by atoms with Crippen LogP contribution in [0.5, 0.6) is 5.75 Å². The van der Waals surface area contributed by atoms with Gasteiger partial charge in [-0.05, 0) is 54.8 Å². The maximum Gasteiger partial charge on any atom is 0.236 e. The zero-order valence-corrected chi connectivity index (χ0v) is 15.6. The zero-order valence-electron chi connectivity index (χ0n) is 14.1. The van der Waals surface area contributed by atoms with E-state index in [2.05, 4.69) is 22.2 Å². The van der Waals surface area contributed by atoms with Crippen molar-refractivity contribution in [2.75, 3.05) is 0 Å². The first-order valence-corrected chi connectivity index (χ1v) is 9.35. The quantitative estimate of drug-likeness (QED) is 0.794. The number of thioether (sulfide) groups is 1. The van der Waals surface area contributed by atoms with Crippen molar-refractivity contribution in [3.05, 3.63) is 64.7 Å². The fraction of sp³-hybridized carbons (Fsp3) is 0.200. The minimum Gasteiger partial charge on any atom is -0.508 e. The van der Waals surface area contributed by atoms with E-state index in [1.165, 1.54) is 11.8 Å². The molecule has 132 valence electrons. The zero-order chi connectivity index (χ0) is 18.5. The Morgan fingerprint density at radius 1 is 1.19 bits per heavy atom. The summed E-state index contributed by atoms with van der Waals surface area (Å²) in [5.41, 5.74) is 1.78. The van der Waals surface area contributed by atoms with Gasteiger partial charge in [-0.15, -0.1) is 0 Å². The Morgan fingerprint density at radius 3 is 2.58 bits per heavy atom. The minimum absolute atomic E-state index is 0.0531. The second-order valence-electron chi connectivity index (χ2n) is 5.85. The monoisotopic (exact) mass is 384 g/mol. The van der Waals surface area contributed by atoms with E-state index in [1.54, 1.807) is 36.4 Å². The van der Waals surface area contributed by atoms with Crippen LogP contribution in [0.4, 0.5) is 0 Å². The van der Waals surface area contributed by atoms with Crippen LogP contribution in [0.15, 0.2) is 53.5 Å². The average molecular weight is 385 g/mol. The molecule has 0 aliphatic carbocycles. The summed E-state index contributed by atoms with van der Waals surface area (Å²) in [7, 11) is 0. The second kappa shape index (κ2) is 8.31. The third kappa shape index (κ3) is 4.81. The molecule has 2 unspecified atom stereocenters. The number of benzene rings is 2. The lowest BCUT2D eigenvalue weighted by Crippen LogP contribution is -2.36. The summed E-state index contributed by atoms with van der Waals surface area (Å²) in [6, 6.07) is 13.9. The number of aliphatic imine (C=N–C) groups is 1. The van der Waals surface area contributed by atoms with Gasteiger partial charge in [-0.2, -0.15) is 0 Å². The summed E-state index contributed by atoms with van der Waals surface area (Å²) < 4.78 is 0. The molecule has 2 aromatic rings. The van der Waals surface area contributed by atoms with Crippen LogP contribution in [-0.4, -0.2) is 27.3 Å². The second-order valence-corrected chi connectivity index (χ2v) is 7.42. The molecule has 4 nitrogen and oxygen atoms in total. The van der Waals surface area contributed by atoms with E-state index >= 15 is 0 Å². The number of aromatic hydroxyl groups is 1. The van der Waals surface area contributed by atoms with Crippen molar-refractivity contribution in [1.29, 1.82) is 0 Å². The third-order valence-electron chi connectivity index (χ3n) is 3.82. The molecule has 26 heavy (non-hydrogen) atoms. The van der Waals surface area contributed by atoms with Gasteiger partial charge in [0.25, 0.3) is 0 Å². The normalized spacial score (nSPS) is 18.6. The highest BCUT2D eigenvalue weighted by molar-refractivity contribution is 8.16. The lowest BCUT2D eigenvalue weighted by molar-refractivity contribution is -0.120. The number of halogens is 1. The summed E-state index contributed by atoms with van der Waals surface area (Å²) in [4.78, 5) is 16.9. The van der Waals surface area contributed by atoms with Crippen LogP contribution in [0, 0.1) is 11.8 Å². The molecule has 1 amide bonds.